The van der Waals surface area contributed by atoms with E-state index < -0.39 is 21.5 Å². The SMILES string of the molecule is COc1cc(-c2ccc3c(c2NC(=O)N=S(=O)(NC(c2ccccc2)(c2ccccc2)c2ccccc2)c2cnn4c2OCC(C)(C)C4)CCO3)ccn1. The molecule has 0 aliphatic carbocycles. The van der Waals surface area contributed by atoms with Gasteiger partial charge in [-0.25, -0.2) is 23.4 Å². The van der Waals surface area contributed by atoms with Gasteiger partial charge < -0.3 is 19.5 Å². The van der Waals surface area contributed by atoms with Crippen LogP contribution in [0.2, 0.25) is 0 Å². The summed E-state index contributed by atoms with van der Waals surface area (Å²) in [6, 6.07) is 35.8. The molecule has 0 saturated heterocycles. The average molecular weight is 741 g/mol. The average Bonchev–Trinajstić information content (AvgIpc) is 3.86. The molecule has 8 rings (SSSR count). The molecule has 2 amide bonds. The number of nitrogens with zero attached hydrogens (tertiary/aromatic N) is 4. The normalized spacial score (nSPS) is 15.5. The van der Waals surface area contributed by atoms with E-state index in [1.54, 1.807) is 24.1 Å². The Morgan fingerprint density at radius 2 is 1.56 bits per heavy atom. The summed E-state index contributed by atoms with van der Waals surface area (Å²) < 4.78 is 43.6. The van der Waals surface area contributed by atoms with Crippen molar-refractivity contribution in [2.24, 2.45) is 9.78 Å². The lowest BCUT2D eigenvalue weighted by molar-refractivity contribution is 0.0971. The zero-order valence-corrected chi connectivity index (χ0v) is 31.0. The molecule has 0 radical (unpaired) electrons. The number of hydrogen-bond donors (Lipinski definition) is 2. The highest BCUT2D eigenvalue weighted by atomic mass is 32.2. The monoisotopic (exact) mass is 740 g/mol. The van der Waals surface area contributed by atoms with Gasteiger partial charge in [0.25, 0.3) is 0 Å². The van der Waals surface area contributed by atoms with Crippen molar-refractivity contribution in [2.75, 3.05) is 25.6 Å². The quantitative estimate of drug-likeness (QED) is 0.145. The van der Waals surface area contributed by atoms with Crippen molar-refractivity contribution in [3.8, 4) is 28.6 Å². The van der Waals surface area contributed by atoms with Gasteiger partial charge in [0.15, 0.2) is 9.92 Å². The first kappa shape index (κ1) is 35.1. The van der Waals surface area contributed by atoms with Crippen LogP contribution in [0.1, 0.15) is 36.1 Å². The first-order valence-corrected chi connectivity index (χ1v) is 19.2. The van der Waals surface area contributed by atoms with Crippen molar-refractivity contribution >= 4 is 21.6 Å². The molecule has 0 bridgehead atoms. The molecule has 2 aliphatic rings. The molecule has 0 saturated carbocycles. The lowest BCUT2D eigenvalue weighted by atomic mass is 9.78. The van der Waals surface area contributed by atoms with Gasteiger partial charge >= 0.3 is 6.03 Å². The zero-order chi connectivity index (χ0) is 37.3. The van der Waals surface area contributed by atoms with Crippen molar-refractivity contribution in [3.05, 3.63) is 150 Å². The summed E-state index contributed by atoms with van der Waals surface area (Å²) in [5, 5.41) is 7.65. The van der Waals surface area contributed by atoms with Crippen LogP contribution < -0.4 is 24.2 Å². The van der Waals surface area contributed by atoms with Crippen LogP contribution in [-0.4, -0.2) is 45.3 Å². The van der Waals surface area contributed by atoms with Crippen LogP contribution >= 0.6 is 0 Å². The van der Waals surface area contributed by atoms with E-state index in [0.717, 1.165) is 27.8 Å². The van der Waals surface area contributed by atoms with Gasteiger partial charge in [0.05, 0.1) is 38.8 Å². The smallest absolute Gasteiger partial charge is 0.354 e. The van der Waals surface area contributed by atoms with Crippen LogP contribution in [0, 0.1) is 5.41 Å². The topological polar surface area (TPSA) is 129 Å². The lowest BCUT2D eigenvalue weighted by Gasteiger charge is -2.38. The van der Waals surface area contributed by atoms with Crippen LogP contribution in [0.4, 0.5) is 10.5 Å². The fourth-order valence-electron chi connectivity index (χ4n) is 7.19. The Morgan fingerprint density at radius 1 is 0.907 bits per heavy atom. The number of fused-ring (bicyclic) bond motifs is 2. The van der Waals surface area contributed by atoms with Crippen LogP contribution in [0.25, 0.3) is 11.1 Å². The van der Waals surface area contributed by atoms with E-state index in [0.29, 0.717) is 54.9 Å². The fourth-order valence-corrected chi connectivity index (χ4v) is 9.08. The van der Waals surface area contributed by atoms with E-state index in [9.17, 15) is 4.79 Å². The van der Waals surface area contributed by atoms with Crippen LogP contribution in [0.5, 0.6) is 17.5 Å². The van der Waals surface area contributed by atoms with Gasteiger partial charge in [-0.15, -0.1) is 4.36 Å². The Morgan fingerprint density at radius 3 is 2.19 bits per heavy atom. The number of ether oxygens (including phenoxy) is 3. The molecule has 274 valence electrons. The van der Waals surface area contributed by atoms with Crippen molar-refractivity contribution < 1.29 is 23.2 Å². The molecule has 6 aromatic rings. The Kier molecular flexibility index (Phi) is 9.16. The second-order valence-corrected chi connectivity index (χ2v) is 16.0. The van der Waals surface area contributed by atoms with E-state index in [-0.39, 0.29) is 10.3 Å². The molecule has 4 heterocycles. The number of anilines is 1. The van der Waals surface area contributed by atoms with Crippen molar-refractivity contribution in [1.29, 1.82) is 0 Å². The summed E-state index contributed by atoms with van der Waals surface area (Å²) in [5.41, 5.74) is 3.70. The highest BCUT2D eigenvalue weighted by Gasteiger charge is 2.43. The van der Waals surface area contributed by atoms with E-state index in [1.807, 2.05) is 109 Å². The Labute approximate surface area is 314 Å². The number of carbonyl (C=O) groups excluding carboxylic acids is 1. The highest BCUT2D eigenvalue weighted by molar-refractivity contribution is 7.92. The van der Waals surface area contributed by atoms with Crippen molar-refractivity contribution in [2.45, 2.75) is 37.2 Å². The molecule has 4 aromatic carbocycles. The minimum absolute atomic E-state index is 0.168. The zero-order valence-electron chi connectivity index (χ0n) is 30.2. The molecule has 54 heavy (non-hydrogen) atoms. The maximum atomic E-state index is 16.2. The number of carbonyl (C=O) groups is 1. The second kappa shape index (κ2) is 14.1. The third-order valence-corrected chi connectivity index (χ3v) is 11.6. The molecule has 0 spiro atoms. The minimum Gasteiger partial charge on any atom is -0.493 e. The number of rotatable bonds is 9. The molecule has 1 unspecified atom stereocenters. The van der Waals surface area contributed by atoms with E-state index in [4.69, 9.17) is 14.2 Å². The molecule has 2 N–H and O–H groups in total. The molecular formula is C42H40N6O5S. The molecule has 1 atom stereocenters. The third kappa shape index (κ3) is 6.48. The standard InChI is InChI=1S/C42H40N6O5S/c1-41(2)27-48-39(53-28-41)36(26-44-48)54(50,47-42(30-13-7-4-8-14-30,31-15-9-5-10-16-31)32-17-11-6-12-18-32)46-40(49)45-38-33(19-20-35-34(38)22-24-52-35)29-21-23-43-37(25-29)51-3/h4-21,23,25-26H,22,24,27-28H2,1-3H3,(H2,45,46,47,49,50). The molecule has 2 aliphatic heterocycles. The predicted octanol–water partition coefficient (Wildman–Crippen LogP) is 7.86. The number of benzene rings is 4. The molecule has 2 aromatic heterocycles. The van der Waals surface area contributed by atoms with E-state index in [1.165, 1.54) is 6.20 Å². The lowest BCUT2D eigenvalue weighted by Crippen LogP contribution is -2.48. The first-order chi connectivity index (χ1) is 26.2. The van der Waals surface area contributed by atoms with Gasteiger partial charge in [0, 0.05) is 35.2 Å². The Balaban J connectivity index is 1.34. The molecule has 12 heteroatoms. The number of nitrogens with one attached hydrogen (secondary N) is 2. The number of amides is 2. The summed E-state index contributed by atoms with van der Waals surface area (Å²) >= 11 is 0. The Bertz CT molecular complexity index is 2350. The molecule has 0 fully saturated rings. The van der Waals surface area contributed by atoms with Gasteiger partial charge in [-0.05, 0) is 40.5 Å². The summed E-state index contributed by atoms with van der Waals surface area (Å²) in [6.07, 6.45) is 3.71. The van der Waals surface area contributed by atoms with Crippen LogP contribution in [0.3, 0.4) is 0 Å². The van der Waals surface area contributed by atoms with Crippen molar-refractivity contribution in [1.82, 2.24) is 19.5 Å². The van der Waals surface area contributed by atoms with E-state index >= 15 is 4.21 Å². The van der Waals surface area contributed by atoms with E-state index in [2.05, 4.69) is 38.3 Å². The van der Waals surface area contributed by atoms with Gasteiger partial charge in [-0.2, -0.15) is 5.10 Å². The largest absolute Gasteiger partial charge is 0.493 e. The first-order valence-electron chi connectivity index (χ1n) is 17.7. The van der Waals surface area contributed by atoms with Crippen LogP contribution in [-0.2, 0) is 28.4 Å². The summed E-state index contributed by atoms with van der Waals surface area (Å²) in [7, 11) is -2.38. The number of aromatic nitrogens is 3. The van der Waals surface area contributed by atoms with Crippen LogP contribution in [0.15, 0.2) is 137 Å². The molecular weight excluding hydrogens is 701 g/mol. The number of urea groups is 1. The van der Waals surface area contributed by atoms with Gasteiger partial charge in [-0.1, -0.05) is 105 Å². The third-order valence-electron chi connectivity index (χ3n) is 9.72. The summed E-state index contributed by atoms with van der Waals surface area (Å²) in [5.74, 6) is 1.38. The fraction of sp³-hybridized carbons (Fsp3) is 0.214. The minimum atomic E-state index is -3.93. The Hall–Kier alpha value is -5.98. The second-order valence-electron chi connectivity index (χ2n) is 14.1. The highest BCUT2D eigenvalue weighted by Crippen LogP contribution is 2.43. The summed E-state index contributed by atoms with van der Waals surface area (Å²) in [6.45, 7) is 5.51. The predicted molar refractivity (Wildman–Crippen MR) is 207 cm³/mol. The van der Waals surface area contributed by atoms with Crippen molar-refractivity contribution in [3.63, 3.8) is 0 Å². The molecule has 11 nitrogen and oxygen atoms in total. The maximum absolute atomic E-state index is 16.2. The number of methoxy groups -OCH3 is 1. The summed E-state index contributed by atoms with van der Waals surface area (Å²) in [4.78, 5) is 19.0. The van der Waals surface area contributed by atoms with Gasteiger partial charge in [0.1, 0.15) is 16.2 Å². The van der Waals surface area contributed by atoms with Gasteiger partial charge in [-0.3, -0.25) is 0 Å². The number of pyridine rings is 1. The number of hydrogen-bond acceptors (Lipinski definition) is 7. The maximum Gasteiger partial charge on any atom is 0.354 e. The van der Waals surface area contributed by atoms with Gasteiger partial charge in [0.2, 0.25) is 11.8 Å².